The molecule has 1 heterocycles. The second kappa shape index (κ2) is 7.02. The van der Waals surface area contributed by atoms with Crippen molar-refractivity contribution in [2.45, 2.75) is 11.3 Å². The van der Waals surface area contributed by atoms with E-state index in [0.29, 0.717) is 19.6 Å². The molecule has 1 amide bonds. The third-order valence-corrected chi connectivity index (χ3v) is 4.29. The monoisotopic (exact) mass is 285 g/mol. The molecule has 0 N–H and O–H groups in total. The van der Waals surface area contributed by atoms with E-state index in [4.69, 9.17) is 16.3 Å². The van der Waals surface area contributed by atoms with Crippen LogP contribution in [0.3, 0.4) is 0 Å². The number of carbonyl (C=O) groups is 1. The topological polar surface area (TPSA) is 29.5 Å². The number of hydrogen-bond donors (Lipinski definition) is 0. The fourth-order valence-electron chi connectivity index (χ4n) is 1.78. The van der Waals surface area contributed by atoms with Gasteiger partial charge in [0.25, 0.3) is 0 Å². The SMILES string of the molecule is O=C(CCSc1ccccc1Cl)N1CCOCC1. The lowest BCUT2D eigenvalue weighted by molar-refractivity contribution is -0.134. The van der Waals surface area contributed by atoms with Crippen LogP contribution in [0.25, 0.3) is 0 Å². The van der Waals surface area contributed by atoms with Gasteiger partial charge >= 0.3 is 0 Å². The Hall–Kier alpha value is -0.710. The lowest BCUT2D eigenvalue weighted by Crippen LogP contribution is -2.40. The number of rotatable bonds is 4. The Morgan fingerprint density at radius 2 is 2.06 bits per heavy atom. The molecular formula is C13H16ClNO2S. The normalized spacial score (nSPS) is 15.7. The van der Waals surface area contributed by atoms with Crippen LogP contribution in [0.1, 0.15) is 6.42 Å². The number of ether oxygens (including phenoxy) is 1. The van der Waals surface area contributed by atoms with E-state index < -0.39 is 0 Å². The zero-order valence-electron chi connectivity index (χ0n) is 10.1. The molecule has 1 aliphatic rings. The van der Waals surface area contributed by atoms with E-state index in [-0.39, 0.29) is 5.91 Å². The second-order valence-electron chi connectivity index (χ2n) is 4.02. The Bertz CT molecular complexity index is 408. The lowest BCUT2D eigenvalue weighted by atomic mass is 10.3. The first-order valence-electron chi connectivity index (χ1n) is 6.00. The third kappa shape index (κ3) is 3.90. The Morgan fingerprint density at radius 1 is 1.33 bits per heavy atom. The molecule has 1 aliphatic heterocycles. The average molecular weight is 286 g/mol. The zero-order valence-corrected chi connectivity index (χ0v) is 11.7. The number of hydrogen-bond acceptors (Lipinski definition) is 3. The van der Waals surface area contributed by atoms with Crippen molar-refractivity contribution in [3.8, 4) is 0 Å². The minimum atomic E-state index is 0.206. The summed E-state index contributed by atoms with van der Waals surface area (Å²) in [7, 11) is 0. The average Bonchev–Trinajstić information content (AvgIpc) is 2.42. The van der Waals surface area contributed by atoms with E-state index in [1.165, 1.54) is 0 Å². The summed E-state index contributed by atoms with van der Waals surface area (Å²) in [5.74, 6) is 0.970. The van der Waals surface area contributed by atoms with Crippen molar-refractivity contribution in [1.29, 1.82) is 0 Å². The maximum absolute atomic E-state index is 11.9. The molecule has 0 unspecified atom stereocenters. The Balaban J connectivity index is 1.75. The predicted octanol–water partition coefficient (Wildman–Crippen LogP) is 2.68. The highest BCUT2D eigenvalue weighted by Gasteiger charge is 2.16. The maximum Gasteiger partial charge on any atom is 0.223 e. The van der Waals surface area contributed by atoms with Gasteiger partial charge in [-0.05, 0) is 12.1 Å². The Kier molecular flexibility index (Phi) is 5.35. The van der Waals surface area contributed by atoms with Gasteiger partial charge in [0.2, 0.25) is 5.91 Å². The molecule has 1 saturated heterocycles. The predicted molar refractivity (Wildman–Crippen MR) is 74.2 cm³/mol. The zero-order chi connectivity index (χ0) is 12.8. The largest absolute Gasteiger partial charge is 0.378 e. The van der Waals surface area contributed by atoms with Crippen LogP contribution >= 0.6 is 23.4 Å². The van der Waals surface area contributed by atoms with Gasteiger partial charge in [-0.15, -0.1) is 11.8 Å². The number of carbonyl (C=O) groups excluding carboxylic acids is 1. The number of amides is 1. The molecule has 0 aromatic heterocycles. The summed E-state index contributed by atoms with van der Waals surface area (Å²) in [6.07, 6.45) is 0.551. The molecule has 18 heavy (non-hydrogen) atoms. The minimum absolute atomic E-state index is 0.206. The molecule has 2 rings (SSSR count). The van der Waals surface area contributed by atoms with Gasteiger partial charge in [0.15, 0.2) is 0 Å². The van der Waals surface area contributed by atoms with E-state index in [9.17, 15) is 4.79 Å². The summed E-state index contributed by atoms with van der Waals surface area (Å²) in [5.41, 5.74) is 0. The van der Waals surface area contributed by atoms with Gasteiger partial charge in [-0.1, -0.05) is 23.7 Å². The highest BCUT2D eigenvalue weighted by Crippen LogP contribution is 2.27. The number of morpholine rings is 1. The van der Waals surface area contributed by atoms with Gasteiger partial charge in [-0.25, -0.2) is 0 Å². The van der Waals surface area contributed by atoms with Crippen molar-refractivity contribution < 1.29 is 9.53 Å². The highest BCUT2D eigenvalue weighted by molar-refractivity contribution is 7.99. The van der Waals surface area contributed by atoms with Crippen molar-refractivity contribution in [2.24, 2.45) is 0 Å². The van der Waals surface area contributed by atoms with Crippen LogP contribution in [0.15, 0.2) is 29.2 Å². The fourth-order valence-corrected chi connectivity index (χ4v) is 2.96. The molecule has 5 heteroatoms. The molecule has 98 valence electrons. The van der Waals surface area contributed by atoms with Gasteiger partial charge in [0.1, 0.15) is 0 Å². The van der Waals surface area contributed by atoms with Crippen molar-refractivity contribution in [2.75, 3.05) is 32.1 Å². The van der Waals surface area contributed by atoms with Crippen LogP contribution in [-0.4, -0.2) is 42.9 Å². The quantitative estimate of drug-likeness (QED) is 0.797. The van der Waals surface area contributed by atoms with E-state index in [1.807, 2.05) is 29.2 Å². The Morgan fingerprint density at radius 3 is 2.78 bits per heavy atom. The molecular weight excluding hydrogens is 270 g/mol. The van der Waals surface area contributed by atoms with Crippen molar-refractivity contribution >= 4 is 29.3 Å². The molecule has 1 aromatic carbocycles. The van der Waals surface area contributed by atoms with Gasteiger partial charge in [0, 0.05) is 30.2 Å². The summed E-state index contributed by atoms with van der Waals surface area (Å²) in [5, 5.41) is 0.751. The number of benzene rings is 1. The summed E-state index contributed by atoms with van der Waals surface area (Å²) >= 11 is 7.68. The van der Waals surface area contributed by atoms with Crippen LogP contribution in [0.2, 0.25) is 5.02 Å². The summed E-state index contributed by atoms with van der Waals surface area (Å²) in [4.78, 5) is 14.8. The molecule has 0 saturated carbocycles. The summed E-state index contributed by atoms with van der Waals surface area (Å²) in [6, 6.07) is 7.71. The van der Waals surface area contributed by atoms with Crippen LogP contribution in [-0.2, 0) is 9.53 Å². The third-order valence-electron chi connectivity index (χ3n) is 2.77. The van der Waals surface area contributed by atoms with Crippen LogP contribution < -0.4 is 0 Å². The molecule has 0 atom stereocenters. The van der Waals surface area contributed by atoms with E-state index in [1.54, 1.807) is 11.8 Å². The summed E-state index contributed by atoms with van der Waals surface area (Å²) in [6.45, 7) is 2.75. The second-order valence-corrected chi connectivity index (χ2v) is 5.57. The smallest absolute Gasteiger partial charge is 0.223 e. The number of thioether (sulfide) groups is 1. The van der Waals surface area contributed by atoms with Crippen LogP contribution in [0, 0.1) is 0 Å². The first-order valence-corrected chi connectivity index (χ1v) is 7.36. The standard InChI is InChI=1S/C13H16ClNO2S/c14-11-3-1-2-4-12(11)18-10-5-13(16)15-6-8-17-9-7-15/h1-4H,5-10H2. The molecule has 0 aliphatic carbocycles. The van der Waals surface area contributed by atoms with Gasteiger partial charge in [0.05, 0.1) is 18.2 Å². The molecule has 0 spiro atoms. The highest BCUT2D eigenvalue weighted by atomic mass is 35.5. The first-order chi connectivity index (χ1) is 8.77. The van der Waals surface area contributed by atoms with Crippen LogP contribution in [0.4, 0.5) is 0 Å². The lowest BCUT2D eigenvalue weighted by Gasteiger charge is -2.26. The molecule has 1 aromatic rings. The van der Waals surface area contributed by atoms with Gasteiger partial charge in [-0.2, -0.15) is 0 Å². The first kappa shape index (κ1) is 13.7. The van der Waals surface area contributed by atoms with Crippen LogP contribution in [0.5, 0.6) is 0 Å². The number of halogens is 1. The number of nitrogens with zero attached hydrogens (tertiary/aromatic N) is 1. The van der Waals surface area contributed by atoms with Crippen molar-refractivity contribution in [3.63, 3.8) is 0 Å². The van der Waals surface area contributed by atoms with E-state index in [0.717, 1.165) is 28.8 Å². The summed E-state index contributed by atoms with van der Waals surface area (Å²) < 4.78 is 5.22. The molecule has 1 fully saturated rings. The molecule has 0 bridgehead atoms. The van der Waals surface area contributed by atoms with Crippen molar-refractivity contribution in [3.05, 3.63) is 29.3 Å². The van der Waals surface area contributed by atoms with Gasteiger partial charge < -0.3 is 9.64 Å². The fraction of sp³-hybridized carbons (Fsp3) is 0.462. The van der Waals surface area contributed by atoms with Crippen molar-refractivity contribution in [1.82, 2.24) is 4.90 Å². The van der Waals surface area contributed by atoms with Gasteiger partial charge in [-0.3, -0.25) is 4.79 Å². The van der Waals surface area contributed by atoms with E-state index >= 15 is 0 Å². The minimum Gasteiger partial charge on any atom is -0.378 e. The molecule has 3 nitrogen and oxygen atoms in total. The Labute approximate surface area is 116 Å². The van der Waals surface area contributed by atoms with E-state index in [2.05, 4.69) is 0 Å². The maximum atomic E-state index is 11.9. The molecule has 0 radical (unpaired) electrons.